The number of hydrogen-bond acceptors (Lipinski definition) is 5. The molecule has 0 aromatic rings. The summed E-state index contributed by atoms with van der Waals surface area (Å²) in [6, 6.07) is 0. The van der Waals surface area contributed by atoms with Crippen LogP contribution in [0.2, 0.25) is 0 Å². The third-order valence-electron chi connectivity index (χ3n) is 5.08. The zero-order valence-corrected chi connectivity index (χ0v) is 17.7. The zero-order valence-electron chi connectivity index (χ0n) is 14.6. The highest BCUT2D eigenvalue weighted by atomic mass is 127. The third-order valence-corrected chi connectivity index (χ3v) is 6.31. The second-order valence-corrected chi connectivity index (χ2v) is 8.05. The van der Waals surface area contributed by atoms with Crippen LogP contribution < -0.4 is 5.32 Å². The zero-order chi connectivity index (χ0) is 16.1. The average Bonchev–Trinajstić information content (AvgIpc) is 3.19. The van der Waals surface area contributed by atoms with Gasteiger partial charge in [0.2, 0.25) is 0 Å². The van der Waals surface area contributed by atoms with Crippen molar-refractivity contribution in [2.45, 2.75) is 18.4 Å². The number of rotatable bonds is 4. The minimum Gasteiger partial charge on any atom is -0.387 e. The Bertz CT molecular complexity index is 415. The Morgan fingerprint density at radius 1 is 1.38 bits per heavy atom. The van der Waals surface area contributed by atoms with Crippen LogP contribution in [0, 0.1) is 5.92 Å². The van der Waals surface area contributed by atoms with E-state index in [0.717, 1.165) is 69.8 Å². The van der Waals surface area contributed by atoms with Gasteiger partial charge in [0.1, 0.15) is 0 Å². The number of thioether (sulfide) groups is 1. The number of nitrogens with zero attached hydrogens (tertiary/aromatic N) is 3. The summed E-state index contributed by atoms with van der Waals surface area (Å²) in [5.41, 5.74) is -0.562. The van der Waals surface area contributed by atoms with E-state index in [4.69, 9.17) is 4.74 Å². The number of ether oxygens (including phenoxy) is 1. The van der Waals surface area contributed by atoms with Gasteiger partial charge in [0.05, 0.1) is 18.8 Å². The Balaban J connectivity index is 0.00000208. The summed E-state index contributed by atoms with van der Waals surface area (Å²) in [6.07, 6.45) is 2.10. The predicted molar refractivity (Wildman–Crippen MR) is 111 cm³/mol. The fourth-order valence-corrected chi connectivity index (χ4v) is 4.93. The van der Waals surface area contributed by atoms with E-state index in [9.17, 15) is 5.11 Å². The molecule has 3 aliphatic rings. The Morgan fingerprint density at radius 2 is 2.17 bits per heavy atom. The number of likely N-dealkylation sites (tertiary alicyclic amines) is 1. The highest BCUT2D eigenvalue weighted by molar-refractivity contribution is 14.0. The molecule has 0 aromatic heterocycles. The van der Waals surface area contributed by atoms with Crippen LogP contribution in [0.3, 0.4) is 0 Å². The lowest BCUT2D eigenvalue weighted by Gasteiger charge is -2.29. The molecule has 0 saturated carbocycles. The van der Waals surface area contributed by atoms with Gasteiger partial charge in [-0.05, 0) is 24.5 Å². The van der Waals surface area contributed by atoms with Crippen molar-refractivity contribution >= 4 is 41.7 Å². The van der Waals surface area contributed by atoms with Gasteiger partial charge < -0.3 is 20.1 Å². The van der Waals surface area contributed by atoms with Crippen LogP contribution in [0.4, 0.5) is 0 Å². The lowest BCUT2D eigenvalue weighted by atomic mass is 10.0. The first-order valence-corrected chi connectivity index (χ1v) is 9.90. The van der Waals surface area contributed by atoms with Crippen molar-refractivity contribution in [1.29, 1.82) is 0 Å². The Morgan fingerprint density at radius 3 is 2.83 bits per heavy atom. The summed E-state index contributed by atoms with van der Waals surface area (Å²) in [7, 11) is 1.84. The molecule has 2 atom stereocenters. The SMILES string of the molecule is CN=C(NCC1(O)CCSC1)N1CCC(CN2CCOCC2)C1.I. The van der Waals surface area contributed by atoms with Gasteiger partial charge in [0.15, 0.2) is 5.96 Å². The number of guanidine groups is 1. The van der Waals surface area contributed by atoms with Crippen LogP contribution in [0.15, 0.2) is 4.99 Å². The van der Waals surface area contributed by atoms with Crippen LogP contribution in [0.5, 0.6) is 0 Å². The van der Waals surface area contributed by atoms with Crippen molar-refractivity contribution in [3.63, 3.8) is 0 Å². The van der Waals surface area contributed by atoms with Gasteiger partial charge in [-0.1, -0.05) is 0 Å². The first-order valence-electron chi connectivity index (χ1n) is 8.74. The van der Waals surface area contributed by atoms with Gasteiger partial charge in [-0.2, -0.15) is 11.8 Å². The lowest BCUT2D eigenvalue weighted by molar-refractivity contribution is 0.0315. The van der Waals surface area contributed by atoms with E-state index in [2.05, 4.69) is 20.1 Å². The van der Waals surface area contributed by atoms with E-state index in [0.29, 0.717) is 12.5 Å². The highest BCUT2D eigenvalue weighted by Gasteiger charge is 2.33. The van der Waals surface area contributed by atoms with Crippen LogP contribution >= 0.6 is 35.7 Å². The summed E-state index contributed by atoms with van der Waals surface area (Å²) < 4.78 is 5.42. The molecule has 140 valence electrons. The van der Waals surface area contributed by atoms with E-state index in [1.165, 1.54) is 6.42 Å². The molecule has 0 radical (unpaired) electrons. The summed E-state index contributed by atoms with van der Waals surface area (Å²) in [5.74, 6) is 3.54. The van der Waals surface area contributed by atoms with E-state index in [-0.39, 0.29) is 24.0 Å². The fraction of sp³-hybridized carbons (Fsp3) is 0.938. The fourth-order valence-electron chi connectivity index (χ4n) is 3.63. The van der Waals surface area contributed by atoms with Crippen LogP contribution in [-0.4, -0.2) is 97.5 Å². The molecular weight excluding hydrogens is 439 g/mol. The molecule has 0 aliphatic carbocycles. The van der Waals surface area contributed by atoms with Gasteiger partial charge in [0, 0.05) is 52.1 Å². The van der Waals surface area contributed by atoms with Gasteiger partial charge in [-0.3, -0.25) is 9.89 Å². The summed E-state index contributed by atoms with van der Waals surface area (Å²) >= 11 is 1.83. The number of aliphatic hydroxyl groups is 1. The predicted octanol–water partition coefficient (Wildman–Crippen LogP) is 0.702. The number of aliphatic imine (C=N–C) groups is 1. The van der Waals surface area contributed by atoms with Crippen molar-refractivity contribution in [1.82, 2.24) is 15.1 Å². The molecular formula is C16H31IN4O2S. The maximum Gasteiger partial charge on any atom is 0.193 e. The maximum absolute atomic E-state index is 10.5. The first kappa shape index (κ1) is 20.5. The first-order chi connectivity index (χ1) is 11.2. The molecule has 6 nitrogen and oxygen atoms in total. The minimum atomic E-state index is -0.562. The van der Waals surface area contributed by atoms with E-state index < -0.39 is 5.60 Å². The standard InChI is InChI=1S/C16H30N4O2S.HI/c1-17-15(18-12-16(21)3-9-23-13-16)20-4-2-14(11-20)10-19-5-7-22-8-6-19;/h14,21H,2-13H2,1H3,(H,17,18);1H. The Hall–Kier alpha value is 0.230. The normalized spacial score (nSPS) is 32.0. The molecule has 2 N–H and O–H groups in total. The molecule has 8 heteroatoms. The third kappa shape index (κ3) is 5.62. The quantitative estimate of drug-likeness (QED) is 0.359. The minimum absolute atomic E-state index is 0. The molecule has 2 unspecified atom stereocenters. The number of morpholine rings is 1. The average molecular weight is 470 g/mol. The molecule has 3 saturated heterocycles. The molecule has 0 bridgehead atoms. The number of hydrogen-bond donors (Lipinski definition) is 2. The highest BCUT2D eigenvalue weighted by Crippen LogP contribution is 2.27. The van der Waals surface area contributed by atoms with Crippen LogP contribution in [-0.2, 0) is 4.74 Å². The van der Waals surface area contributed by atoms with E-state index in [1.54, 1.807) is 0 Å². The van der Waals surface area contributed by atoms with E-state index >= 15 is 0 Å². The molecule has 24 heavy (non-hydrogen) atoms. The lowest BCUT2D eigenvalue weighted by Crippen LogP contribution is -2.48. The second kappa shape index (κ2) is 9.80. The van der Waals surface area contributed by atoms with Crippen molar-refractivity contribution in [2.24, 2.45) is 10.9 Å². The van der Waals surface area contributed by atoms with Gasteiger partial charge in [0.25, 0.3) is 0 Å². The number of nitrogens with one attached hydrogen (secondary N) is 1. The molecule has 0 aromatic carbocycles. The van der Waals surface area contributed by atoms with Crippen molar-refractivity contribution in [3.05, 3.63) is 0 Å². The molecule has 3 aliphatic heterocycles. The number of halogens is 1. The molecule has 3 rings (SSSR count). The van der Waals surface area contributed by atoms with Gasteiger partial charge >= 0.3 is 0 Å². The molecule has 3 fully saturated rings. The van der Waals surface area contributed by atoms with Crippen LogP contribution in [0.1, 0.15) is 12.8 Å². The monoisotopic (exact) mass is 470 g/mol. The summed E-state index contributed by atoms with van der Waals surface area (Å²) in [4.78, 5) is 9.29. The Kier molecular flexibility index (Phi) is 8.39. The van der Waals surface area contributed by atoms with Crippen LogP contribution in [0.25, 0.3) is 0 Å². The molecule has 0 spiro atoms. The van der Waals surface area contributed by atoms with Crippen molar-refractivity contribution in [2.75, 3.05) is 71.0 Å². The largest absolute Gasteiger partial charge is 0.387 e. The van der Waals surface area contributed by atoms with Crippen molar-refractivity contribution < 1.29 is 9.84 Å². The summed E-state index contributed by atoms with van der Waals surface area (Å²) in [6.45, 7) is 7.76. The summed E-state index contributed by atoms with van der Waals surface area (Å²) in [5, 5.41) is 13.9. The van der Waals surface area contributed by atoms with Crippen molar-refractivity contribution in [3.8, 4) is 0 Å². The van der Waals surface area contributed by atoms with Gasteiger partial charge in [-0.25, -0.2) is 0 Å². The molecule has 3 heterocycles. The maximum atomic E-state index is 10.5. The topological polar surface area (TPSA) is 60.3 Å². The van der Waals surface area contributed by atoms with E-state index in [1.807, 2.05) is 18.8 Å². The molecule has 0 amide bonds. The Labute approximate surface area is 166 Å². The smallest absolute Gasteiger partial charge is 0.193 e. The second-order valence-electron chi connectivity index (χ2n) is 6.94. The van der Waals surface area contributed by atoms with Gasteiger partial charge in [-0.15, -0.1) is 24.0 Å².